The molecular weight excluding hydrogens is 222 g/mol. The van der Waals surface area contributed by atoms with E-state index >= 15 is 0 Å². The van der Waals surface area contributed by atoms with Crippen LogP contribution in [0.15, 0.2) is 24.4 Å². The summed E-state index contributed by atoms with van der Waals surface area (Å²) in [6, 6.07) is 6.22. The number of fused-ring (bicyclic) bond motifs is 1. The summed E-state index contributed by atoms with van der Waals surface area (Å²) in [6.07, 6.45) is 3.02. The SMILES string of the molecule is CCCN(CC)c1ccc(N)c2cnc(C)cc12. The molecule has 0 radical (unpaired) electrons. The van der Waals surface area contributed by atoms with Crippen molar-refractivity contribution >= 4 is 22.1 Å². The maximum atomic E-state index is 6.03. The monoisotopic (exact) mass is 243 g/mol. The molecule has 3 nitrogen and oxygen atoms in total. The van der Waals surface area contributed by atoms with Gasteiger partial charge in [-0.05, 0) is 38.5 Å². The van der Waals surface area contributed by atoms with Crippen LogP contribution in [0.25, 0.3) is 10.8 Å². The third-order valence-electron chi connectivity index (χ3n) is 3.26. The molecule has 18 heavy (non-hydrogen) atoms. The van der Waals surface area contributed by atoms with E-state index in [2.05, 4.69) is 35.9 Å². The lowest BCUT2D eigenvalue weighted by molar-refractivity contribution is 0.795. The Hall–Kier alpha value is -1.77. The van der Waals surface area contributed by atoms with Crippen molar-refractivity contribution in [3.05, 3.63) is 30.1 Å². The number of nitrogens with zero attached hydrogens (tertiary/aromatic N) is 2. The van der Waals surface area contributed by atoms with Gasteiger partial charge in [-0.15, -0.1) is 0 Å². The first-order valence-electron chi connectivity index (χ1n) is 6.57. The van der Waals surface area contributed by atoms with Crippen molar-refractivity contribution in [3.8, 4) is 0 Å². The first-order chi connectivity index (χ1) is 8.67. The normalized spacial score (nSPS) is 10.8. The van der Waals surface area contributed by atoms with Gasteiger partial charge >= 0.3 is 0 Å². The Morgan fingerprint density at radius 1 is 1.22 bits per heavy atom. The van der Waals surface area contributed by atoms with Crippen molar-refractivity contribution in [3.63, 3.8) is 0 Å². The molecule has 0 unspecified atom stereocenters. The van der Waals surface area contributed by atoms with Crippen LogP contribution >= 0.6 is 0 Å². The molecule has 2 aromatic rings. The second-order valence-electron chi connectivity index (χ2n) is 4.62. The molecule has 2 rings (SSSR count). The summed E-state index contributed by atoms with van der Waals surface area (Å²) in [4.78, 5) is 6.73. The molecule has 96 valence electrons. The van der Waals surface area contributed by atoms with E-state index in [0.717, 1.165) is 36.3 Å². The summed E-state index contributed by atoms with van der Waals surface area (Å²) < 4.78 is 0. The van der Waals surface area contributed by atoms with Crippen LogP contribution in [0.5, 0.6) is 0 Å². The van der Waals surface area contributed by atoms with Crippen LogP contribution in [-0.4, -0.2) is 18.1 Å². The Morgan fingerprint density at radius 3 is 2.67 bits per heavy atom. The minimum atomic E-state index is 0.800. The van der Waals surface area contributed by atoms with Crippen LogP contribution in [0, 0.1) is 6.92 Å². The first kappa shape index (κ1) is 12.7. The van der Waals surface area contributed by atoms with Crippen LogP contribution in [-0.2, 0) is 0 Å². The number of hydrogen-bond donors (Lipinski definition) is 1. The number of rotatable bonds is 4. The maximum absolute atomic E-state index is 6.03. The van der Waals surface area contributed by atoms with Gasteiger partial charge < -0.3 is 10.6 Å². The maximum Gasteiger partial charge on any atom is 0.0448 e. The summed E-state index contributed by atoms with van der Waals surface area (Å²) in [5.74, 6) is 0. The van der Waals surface area contributed by atoms with E-state index in [1.165, 1.54) is 11.1 Å². The van der Waals surface area contributed by atoms with Crippen molar-refractivity contribution in [2.45, 2.75) is 27.2 Å². The van der Waals surface area contributed by atoms with Crippen LogP contribution in [0.1, 0.15) is 26.0 Å². The molecule has 0 aliphatic heterocycles. The molecule has 1 aromatic heterocycles. The van der Waals surface area contributed by atoms with Gasteiger partial charge in [0.05, 0.1) is 0 Å². The minimum Gasteiger partial charge on any atom is -0.398 e. The summed E-state index contributed by atoms with van der Waals surface area (Å²) >= 11 is 0. The van der Waals surface area contributed by atoms with Gasteiger partial charge in [0.15, 0.2) is 0 Å². The van der Waals surface area contributed by atoms with Gasteiger partial charge in [-0.1, -0.05) is 6.92 Å². The summed E-state index contributed by atoms with van der Waals surface area (Å²) in [5.41, 5.74) is 9.12. The molecule has 1 aromatic carbocycles. The van der Waals surface area contributed by atoms with Gasteiger partial charge in [0.1, 0.15) is 0 Å². The smallest absolute Gasteiger partial charge is 0.0448 e. The number of hydrogen-bond acceptors (Lipinski definition) is 3. The van der Waals surface area contributed by atoms with E-state index < -0.39 is 0 Å². The Kier molecular flexibility index (Phi) is 3.70. The zero-order valence-electron chi connectivity index (χ0n) is 11.4. The van der Waals surface area contributed by atoms with Crippen LogP contribution in [0.3, 0.4) is 0 Å². The molecule has 0 bridgehead atoms. The standard InChI is InChI=1S/C15H21N3/c1-4-8-18(5-2)15-7-6-14(16)13-10-17-11(3)9-12(13)15/h6-7,9-10H,4-5,8,16H2,1-3H3. The largest absolute Gasteiger partial charge is 0.398 e. The number of nitrogen functional groups attached to an aromatic ring is 1. The molecule has 0 fully saturated rings. The lowest BCUT2D eigenvalue weighted by atomic mass is 10.1. The number of nitrogens with two attached hydrogens (primary N) is 1. The Labute approximate surface area is 109 Å². The van der Waals surface area contributed by atoms with Crippen molar-refractivity contribution in [1.82, 2.24) is 4.98 Å². The van der Waals surface area contributed by atoms with Gasteiger partial charge in [-0.3, -0.25) is 4.98 Å². The van der Waals surface area contributed by atoms with Crippen LogP contribution < -0.4 is 10.6 Å². The molecule has 0 amide bonds. The summed E-state index contributed by atoms with van der Waals surface area (Å²) in [7, 11) is 0. The first-order valence-corrected chi connectivity index (χ1v) is 6.57. The van der Waals surface area contributed by atoms with Crippen LogP contribution in [0.4, 0.5) is 11.4 Å². The number of pyridine rings is 1. The van der Waals surface area contributed by atoms with E-state index in [0.29, 0.717) is 0 Å². The summed E-state index contributed by atoms with van der Waals surface area (Å²) in [6.45, 7) is 8.48. The Morgan fingerprint density at radius 2 is 2.00 bits per heavy atom. The average Bonchev–Trinajstić information content (AvgIpc) is 2.37. The van der Waals surface area contributed by atoms with Gasteiger partial charge in [0.25, 0.3) is 0 Å². The molecule has 3 heteroatoms. The fourth-order valence-corrected chi connectivity index (χ4v) is 2.34. The fraction of sp³-hybridized carbons (Fsp3) is 0.400. The highest BCUT2D eigenvalue weighted by molar-refractivity contribution is 6.01. The summed E-state index contributed by atoms with van der Waals surface area (Å²) in [5, 5.41) is 2.26. The molecule has 0 aliphatic rings. The highest BCUT2D eigenvalue weighted by Gasteiger charge is 2.10. The lowest BCUT2D eigenvalue weighted by Gasteiger charge is -2.24. The topological polar surface area (TPSA) is 42.1 Å². The van der Waals surface area contributed by atoms with Gasteiger partial charge in [0.2, 0.25) is 0 Å². The van der Waals surface area contributed by atoms with Crippen molar-refractivity contribution in [2.24, 2.45) is 0 Å². The van der Waals surface area contributed by atoms with Gasteiger partial charge in [-0.25, -0.2) is 0 Å². The minimum absolute atomic E-state index is 0.800. The second-order valence-corrected chi connectivity index (χ2v) is 4.62. The molecule has 2 N–H and O–H groups in total. The zero-order chi connectivity index (χ0) is 13.1. The molecule has 0 spiro atoms. The van der Waals surface area contributed by atoms with E-state index in [4.69, 9.17) is 5.73 Å². The van der Waals surface area contributed by atoms with E-state index in [1.807, 2.05) is 19.2 Å². The number of aryl methyl sites for hydroxylation is 1. The van der Waals surface area contributed by atoms with E-state index in [1.54, 1.807) is 0 Å². The number of benzene rings is 1. The molecule has 0 saturated heterocycles. The van der Waals surface area contributed by atoms with Gasteiger partial charge in [0, 0.05) is 47.1 Å². The van der Waals surface area contributed by atoms with Crippen molar-refractivity contribution < 1.29 is 0 Å². The predicted octanol–water partition coefficient (Wildman–Crippen LogP) is 3.36. The van der Waals surface area contributed by atoms with E-state index in [9.17, 15) is 0 Å². The number of aromatic nitrogens is 1. The number of anilines is 2. The highest BCUT2D eigenvalue weighted by Crippen LogP contribution is 2.31. The highest BCUT2D eigenvalue weighted by atomic mass is 15.1. The molecule has 1 heterocycles. The van der Waals surface area contributed by atoms with Crippen molar-refractivity contribution in [1.29, 1.82) is 0 Å². The van der Waals surface area contributed by atoms with Gasteiger partial charge in [-0.2, -0.15) is 0 Å². The zero-order valence-corrected chi connectivity index (χ0v) is 11.4. The molecular formula is C15H21N3. The average molecular weight is 243 g/mol. The van der Waals surface area contributed by atoms with E-state index in [-0.39, 0.29) is 0 Å². The molecule has 0 aliphatic carbocycles. The Bertz CT molecular complexity index is 549. The lowest BCUT2D eigenvalue weighted by Crippen LogP contribution is -2.23. The predicted molar refractivity (Wildman–Crippen MR) is 79.1 cm³/mol. The third-order valence-corrected chi connectivity index (χ3v) is 3.26. The fourth-order valence-electron chi connectivity index (χ4n) is 2.34. The third kappa shape index (κ3) is 2.26. The molecule has 0 atom stereocenters. The molecule has 0 saturated carbocycles. The van der Waals surface area contributed by atoms with Crippen molar-refractivity contribution in [2.75, 3.05) is 23.7 Å². The second kappa shape index (κ2) is 5.25. The quantitative estimate of drug-likeness (QED) is 0.837. The van der Waals surface area contributed by atoms with Crippen LogP contribution in [0.2, 0.25) is 0 Å². The Balaban J connectivity index is 2.63.